The molecule has 1 saturated carbocycles. The molecule has 2 rings (SSSR count). The topological polar surface area (TPSA) is 58.6 Å². The molecule has 1 aliphatic carbocycles. The van der Waals surface area contributed by atoms with Gasteiger partial charge in [0.25, 0.3) is 0 Å². The molecule has 1 aliphatic rings. The third kappa shape index (κ3) is 6.70. The van der Waals surface area contributed by atoms with Crippen LogP contribution in [0.4, 0.5) is 0 Å². The number of hydrogen-bond donors (Lipinski definition) is 1. The predicted molar refractivity (Wildman–Crippen MR) is 103 cm³/mol. The van der Waals surface area contributed by atoms with Gasteiger partial charge in [-0.15, -0.1) is 0 Å². The fourth-order valence-corrected chi connectivity index (χ4v) is 3.62. The van der Waals surface area contributed by atoms with Gasteiger partial charge in [0.2, 0.25) is 11.8 Å². The summed E-state index contributed by atoms with van der Waals surface area (Å²) in [6, 6.07) is 8.17. The molecule has 0 heterocycles. The summed E-state index contributed by atoms with van der Waals surface area (Å²) in [6.45, 7) is 2.75. The molecule has 0 aliphatic heterocycles. The van der Waals surface area contributed by atoms with Crippen molar-refractivity contribution in [2.24, 2.45) is 0 Å². The van der Waals surface area contributed by atoms with Crippen LogP contribution in [0, 0.1) is 0 Å². The average molecular weight is 360 g/mol. The second-order valence-corrected chi connectivity index (χ2v) is 7.06. The first kappa shape index (κ1) is 20.3. The van der Waals surface area contributed by atoms with Gasteiger partial charge in [0, 0.05) is 32.5 Å². The van der Waals surface area contributed by atoms with Gasteiger partial charge in [0.1, 0.15) is 5.75 Å². The van der Waals surface area contributed by atoms with E-state index in [0.717, 1.165) is 30.6 Å². The van der Waals surface area contributed by atoms with Gasteiger partial charge in [0.05, 0.1) is 7.11 Å². The number of nitrogens with zero attached hydrogens (tertiary/aromatic N) is 1. The number of carbonyl (C=O) groups is 2. The van der Waals surface area contributed by atoms with Crippen molar-refractivity contribution in [2.75, 3.05) is 20.2 Å². The standard InChI is InChI=1S/C21H32N2O3/c1-17(24)23(19-7-5-3-4-6-8-19)16-14-21(25)22-15-13-18-9-11-20(26-2)12-10-18/h9-12,19H,3-8,13-16H2,1-2H3,(H,22,25). The first-order valence-corrected chi connectivity index (χ1v) is 9.77. The van der Waals surface area contributed by atoms with E-state index in [1.54, 1.807) is 14.0 Å². The van der Waals surface area contributed by atoms with Crippen molar-refractivity contribution >= 4 is 11.8 Å². The second-order valence-electron chi connectivity index (χ2n) is 7.06. The lowest BCUT2D eigenvalue weighted by molar-refractivity contribution is -0.132. The molecule has 0 saturated heterocycles. The fourth-order valence-electron chi connectivity index (χ4n) is 3.62. The smallest absolute Gasteiger partial charge is 0.221 e. The van der Waals surface area contributed by atoms with Crippen molar-refractivity contribution in [2.45, 2.75) is 64.3 Å². The summed E-state index contributed by atoms with van der Waals surface area (Å²) in [6.07, 6.45) is 8.18. The number of methoxy groups -OCH3 is 1. The maximum absolute atomic E-state index is 12.1. The molecule has 0 aromatic heterocycles. The molecule has 0 spiro atoms. The summed E-state index contributed by atoms with van der Waals surface area (Å²) >= 11 is 0. The van der Waals surface area contributed by atoms with Crippen LogP contribution in [0.25, 0.3) is 0 Å². The first-order chi connectivity index (χ1) is 12.6. The van der Waals surface area contributed by atoms with Gasteiger partial charge in [-0.1, -0.05) is 37.8 Å². The summed E-state index contributed by atoms with van der Waals surface area (Å²) in [5, 5.41) is 2.96. The van der Waals surface area contributed by atoms with Crippen molar-refractivity contribution < 1.29 is 14.3 Å². The predicted octanol–water partition coefficient (Wildman–Crippen LogP) is 3.32. The summed E-state index contributed by atoms with van der Waals surface area (Å²) in [5.41, 5.74) is 1.16. The maximum atomic E-state index is 12.1. The van der Waals surface area contributed by atoms with Crippen LogP contribution in [0.5, 0.6) is 5.75 Å². The van der Waals surface area contributed by atoms with Gasteiger partial charge < -0.3 is 15.0 Å². The van der Waals surface area contributed by atoms with Gasteiger partial charge in [-0.2, -0.15) is 0 Å². The minimum atomic E-state index is 0.0124. The Bertz CT molecular complexity index is 563. The van der Waals surface area contributed by atoms with Crippen LogP contribution >= 0.6 is 0 Å². The third-order valence-corrected chi connectivity index (χ3v) is 5.14. The lowest BCUT2D eigenvalue weighted by Gasteiger charge is -2.30. The highest BCUT2D eigenvalue weighted by molar-refractivity contribution is 5.78. The van der Waals surface area contributed by atoms with E-state index in [1.165, 1.54) is 25.7 Å². The monoisotopic (exact) mass is 360 g/mol. The van der Waals surface area contributed by atoms with E-state index < -0.39 is 0 Å². The lowest BCUT2D eigenvalue weighted by Crippen LogP contribution is -2.41. The van der Waals surface area contributed by atoms with Crippen molar-refractivity contribution in [1.82, 2.24) is 10.2 Å². The quantitative estimate of drug-likeness (QED) is 0.724. The maximum Gasteiger partial charge on any atom is 0.221 e. The molecule has 2 amide bonds. The second kappa shape index (κ2) is 10.8. The van der Waals surface area contributed by atoms with Crippen LogP contribution in [0.3, 0.4) is 0 Å². The highest BCUT2D eigenvalue weighted by atomic mass is 16.5. The Hall–Kier alpha value is -2.04. The molecule has 0 atom stereocenters. The Balaban J connectivity index is 1.72. The summed E-state index contributed by atoms with van der Waals surface area (Å²) in [5.74, 6) is 0.932. The molecule has 0 radical (unpaired) electrons. The van der Waals surface area contributed by atoms with E-state index >= 15 is 0 Å². The van der Waals surface area contributed by atoms with Gasteiger partial charge >= 0.3 is 0 Å². The van der Waals surface area contributed by atoms with Crippen LogP contribution in [-0.4, -0.2) is 43.0 Å². The molecule has 26 heavy (non-hydrogen) atoms. The summed E-state index contributed by atoms with van der Waals surface area (Å²) in [7, 11) is 1.65. The Labute approximate surface area is 157 Å². The van der Waals surface area contributed by atoms with E-state index in [1.807, 2.05) is 29.2 Å². The van der Waals surface area contributed by atoms with Gasteiger partial charge in [-0.25, -0.2) is 0 Å². The number of ether oxygens (including phenoxy) is 1. The molecular formula is C21H32N2O3. The molecule has 5 nitrogen and oxygen atoms in total. The van der Waals surface area contributed by atoms with E-state index in [0.29, 0.717) is 25.6 Å². The van der Waals surface area contributed by atoms with E-state index in [2.05, 4.69) is 5.32 Å². The number of carbonyl (C=O) groups excluding carboxylic acids is 2. The SMILES string of the molecule is COc1ccc(CCNC(=O)CCN(C(C)=O)C2CCCCCC2)cc1. The summed E-state index contributed by atoms with van der Waals surface area (Å²) in [4.78, 5) is 26.1. The van der Waals surface area contributed by atoms with E-state index in [4.69, 9.17) is 4.74 Å². The van der Waals surface area contributed by atoms with Crippen molar-refractivity contribution in [3.8, 4) is 5.75 Å². The number of amides is 2. The minimum Gasteiger partial charge on any atom is -0.497 e. The zero-order valence-electron chi connectivity index (χ0n) is 16.1. The van der Waals surface area contributed by atoms with Crippen LogP contribution < -0.4 is 10.1 Å². The van der Waals surface area contributed by atoms with Crippen LogP contribution in [0.1, 0.15) is 57.4 Å². The highest BCUT2D eigenvalue weighted by Gasteiger charge is 2.22. The molecule has 0 unspecified atom stereocenters. The summed E-state index contributed by atoms with van der Waals surface area (Å²) < 4.78 is 5.14. The number of nitrogens with one attached hydrogen (secondary N) is 1. The molecule has 0 bridgehead atoms. The van der Waals surface area contributed by atoms with Crippen LogP contribution in [-0.2, 0) is 16.0 Å². The number of hydrogen-bond acceptors (Lipinski definition) is 3. The highest BCUT2D eigenvalue weighted by Crippen LogP contribution is 2.22. The van der Waals surface area contributed by atoms with Crippen LogP contribution in [0.2, 0.25) is 0 Å². The molecular weight excluding hydrogens is 328 g/mol. The average Bonchev–Trinajstić information content (AvgIpc) is 2.91. The van der Waals surface area contributed by atoms with Crippen molar-refractivity contribution in [1.29, 1.82) is 0 Å². The Kier molecular flexibility index (Phi) is 8.45. The first-order valence-electron chi connectivity index (χ1n) is 9.77. The van der Waals surface area contributed by atoms with E-state index in [9.17, 15) is 9.59 Å². The molecule has 1 N–H and O–H groups in total. The zero-order chi connectivity index (χ0) is 18.8. The molecule has 1 aromatic rings. The van der Waals surface area contributed by atoms with Crippen molar-refractivity contribution in [3.63, 3.8) is 0 Å². The normalized spacial score (nSPS) is 15.2. The van der Waals surface area contributed by atoms with Crippen molar-refractivity contribution in [3.05, 3.63) is 29.8 Å². The van der Waals surface area contributed by atoms with Gasteiger partial charge in [-0.3, -0.25) is 9.59 Å². The fraction of sp³-hybridized carbons (Fsp3) is 0.619. The molecule has 1 aromatic carbocycles. The van der Waals surface area contributed by atoms with Crippen LogP contribution in [0.15, 0.2) is 24.3 Å². The van der Waals surface area contributed by atoms with Gasteiger partial charge in [0.15, 0.2) is 0 Å². The largest absolute Gasteiger partial charge is 0.497 e. The Morgan fingerprint density at radius 2 is 1.77 bits per heavy atom. The Morgan fingerprint density at radius 1 is 1.12 bits per heavy atom. The zero-order valence-corrected chi connectivity index (χ0v) is 16.1. The number of rotatable bonds is 8. The molecule has 144 valence electrons. The third-order valence-electron chi connectivity index (χ3n) is 5.14. The number of benzene rings is 1. The molecule has 1 fully saturated rings. The molecule has 5 heteroatoms. The lowest BCUT2D eigenvalue weighted by atomic mass is 10.1. The van der Waals surface area contributed by atoms with Gasteiger partial charge in [-0.05, 0) is 37.0 Å². The van der Waals surface area contributed by atoms with E-state index in [-0.39, 0.29) is 11.8 Å². The Morgan fingerprint density at radius 3 is 2.35 bits per heavy atom. The minimum absolute atomic E-state index is 0.0124.